The number of fused-ring (bicyclic) bond motifs is 1. The van der Waals surface area contributed by atoms with Crippen molar-refractivity contribution in [3.63, 3.8) is 0 Å². The maximum atomic E-state index is 13.6. The van der Waals surface area contributed by atoms with Gasteiger partial charge in [-0.1, -0.05) is 0 Å². The van der Waals surface area contributed by atoms with E-state index in [4.69, 9.17) is 5.26 Å². The van der Waals surface area contributed by atoms with Gasteiger partial charge in [0.15, 0.2) is 11.8 Å². The van der Waals surface area contributed by atoms with Crippen LogP contribution in [0.2, 0.25) is 0 Å². The first kappa shape index (κ1) is 18.6. The number of hydrogen-bond acceptors (Lipinski definition) is 4. The lowest BCUT2D eigenvalue weighted by atomic mass is 10.0. The summed E-state index contributed by atoms with van der Waals surface area (Å²) in [5.74, 6) is -6.76. The Bertz CT molecular complexity index is 769. The van der Waals surface area contributed by atoms with E-state index in [1.807, 2.05) is 0 Å². The molecule has 0 unspecified atom stereocenters. The summed E-state index contributed by atoms with van der Waals surface area (Å²) in [7, 11) is 0. The van der Waals surface area contributed by atoms with Crippen LogP contribution in [0.4, 0.5) is 40.8 Å². The second-order valence-electron chi connectivity index (χ2n) is 6.14. The molecular formula is C14H9F8N3O. The van der Waals surface area contributed by atoms with Crippen LogP contribution in [0.5, 0.6) is 0 Å². The first-order valence-electron chi connectivity index (χ1n) is 7.16. The number of nitriles is 1. The lowest BCUT2D eigenvalue weighted by Gasteiger charge is -2.34. The van der Waals surface area contributed by atoms with E-state index in [9.17, 15) is 40.2 Å². The first-order valence-corrected chi connectivity index (χ1v) is 7.16. The number of rotatable bonds is 2. The molecule has 0 amide bonds. The van der Waals surface area contributed by atoms with Crippen molar-refractivity contribution in [1.82, 2.24) is 4.98 Å². The molecule has 4 nitrogen and oxygen atoms in total. The number of alkyl halides is 8. The van der Waals surface area contributed by atoms with Crippen LogP contribution < -0.4 is 4.90 Å². The highest BCUT2D eigenvalue weighted by atomic mass is 19.4. The summed E-state index contributed by atoms with van der Waals surface area (Å²) in [6.45, 7) is -0.666. The van der Waals surface area contributed by atoms with E-state index in [1.165, 1.54) is 6.07 Å². The van der Waals surface area contributed by atoms with Gasteiger partial charge in [0.2, 0.25) is 0 Å². The van der Waals surface area contributed by atoms with Crippen molar-refractivity contribution >= 4 is 5.69 Å². The summed E-state index contributed by atoms with van der Waals surface area (Å²) in [4.78, 5) is 3.91. The Morgan fingerprint density at radius 3 is 2.38 bits per heavy atom. The predicted octanol–water partition coefficient (Wildman–Crippen LogP) is 2.97. The molecule has 1 aliphatic carbocycles. The van der Waals surface area contributed by atoms with Crippen LogP contribution in [0.3, 0.4) is 0 Å². The predicted molar refractivity (Wildman–Crippen MR) is 69.1 cm³/mol. The zero-order chi connectivity index (χ0) is 19.7. The van der Waals surface area contributed by atoms with Gasteiger partial charge in [-0.2, -0.15) is 31.6 Å². The number of halogens is 8. The molecule has 0 bridgehead atoms. The Morgan fingerprint density at radius 2 is 1.88 bits per heavy atom. The van der Waals surface area contributed by atoms with Gasteiger partial charge in [-0.25, -0.2) is 13.8 Å². The Labute approximate surface area is 140 Å². The first-order chi connectivity index (χ1) is 11.8. The third kappa shape index (κ3) is 2.74. The second kappa shape index (κ2) is 5.42. The number of nitrogens with zero attached hydrogens (tertiary/aromatic N) is 3. The molecule has 2 aliphatic rings. The zero-order valence-electron chi connectivity index (χ0n) is 12.5. The molecule has 0 spiro atoms. The van der Waals surface area contributed by atoms with Crippen LogP contribution >= 0.6 is 0 Å². The number of pyridine rings is 1. The highest BCUT2D eigenvalue weighted by molar-refractivity contribution is 5.55. The standard InChI is InChI=1S/C14H9F8N3O/c15-12(16)7-4-25(10(9(7)12)11(26)14(20,21)22)5-1-6(13(17,18)19)8(2-23)24-3-5/h1,3,7,9-11,26H,4H2/t7-,9-,10-,11+/m1/s1. The van der Waals surface area contributed by atoms with Crippen LogP contribution in [0.15, 0.2) is 12.3 Å². The van der Waals surface area contributed by atoms with E-state index < -0.39 is 65.7 Å². The molecule has 1 aliphatic heterocycles. The Kier molecular flexibility index (Phi) is 3.88. The lowest BCUT2D eigenvalue weighted by Crippen LogP contribution is -2.51. The fourth-order valence-corrected chi connectivity index (χ4v) is 3.40. The van der Waals surface area contributed by atoms with Crippen molar-refractivity contribution in [3.05, 3.63) is 23.5 Å². The SMILES string of the molecule is N#Cc1ncc(N2C[C@@H]3[C@H]([C@@H]2[C@H](O)C(F)(F)F)C3(F)F)cc1C(F)(F)F. The minimum Gasteiger partial charge on any atom is -0.382 e. The summed E-state index contributed by atoms with van der Waals surface area (Å²) < 4.78 is 105. The van der Waals surface area contributed by atoms with E-state index in [0.29, 0.717) is 17.2 Å². The normalized spacial score (nSPS) is 28.5. The fraction of sp³-hybridized carbons (Fsp3) is 0.571. The fourth-order valence-electron chi connectivity index (χ4n) is 3.40. The molecule has 1 N–H and O–H groups in total. The number of hydrogen-bond donors (Lipinski definition) is 1. The quantitative estimate of drug-likeness (QED) is 0.793. The summed E-state index contributed by atoms with van der Waals surface area (Å²) >= 11 is 0. The van der Waals surface area contributed by atoms with Crippen LogP contribution in [0.25, 0.3) is 0 Å². The van der Waals surface area contributed by atoms with Crippen molar-refractivity contribution in [1.29, 1.82) is 5.26 Å². The van der Waals surface area contributed by atoms with Crippen LogP contribution in [0.1, 0.15) is 11.3 Å². The number of aromatic nitrogens is 1. The maximum absolute atomic E-state index is 13.6. The van der Waals surface area contributed by atoms with Crippen molar-refractivity contribution < 1.29 is 40.2 Å². The molecule has 4 atom stereocenters. The number of piperidine rings is 1. The van der Waals surface area contributed by atoms with Gasteiger partial charge in [-0.3, -0.25) is 0 Å². The van der Waals surface area contributed by atoms with Gasteiger partial charge >= 0.3 is 12.4 Å². The minimum atomic E-state index is -5.23. The van der Waals surface area contributed by atoms with Crippen LogP contribution in [-0.4, -0.2) is 40.9 Å². The molecule has 1 saturated heterocycles. The molecule has 142 valence electrons. The Balaban J connectivity index is 2.02. The van der Waals surface area contributed by atoms with Crippen LogP contribution in [0, 0.1) is 23.2 Å². The average Bonchev–Trinajstić information content (AvgIpc) is 2.89. The maximum Gasteiger partial charge on any atom is 0.419 e. The van der Waals surface area contributed by atoms with Crippen molar-refractivity contribution in [2.75, 3.05) is 11.4 Å². The van der Waals surface area contributed by atoms with Gasteiger partial charge in [-0.15, -0.1) is 0 Å². The van der Waals surface area contributed by atoms with Crippen molar-refractivity contribution in [3.8, 4) is 6.07 Å². The van der Waals surface area contributed by atoms with Gasteiger partial charge in [0, 0.05) is 6.54 Å². The van der Waals surface area contributed by atoms with Gasteiger partial charge < -0.3 is 10.0 Å². The second-order valence-corrected chi connectivity index (χ2v) is 6.14. The highest BCUT2D eigenvalue weighted by Gasteiger charge is 2.78. The molecule has 1 saturated carbocycles. The number of anilines is 1. The highest BCUT2D eigenvalue weighted by Crippen LogP contribution is 2.64. The van der Waals surface area contributed by atoms with E-state index in [1.54, 1.807) is 0 Å². The Morgan fingerprint density at radius 1 is 1.27 bits per heavy atom. The van der Waals surface area contributed by atoms with Gasteiger partial charge in [0.25, 0.3) is 5.92 Å². The molecular weight excluding hydrogens is 378 g/mol. The summed E-state index contributed by atoms with van der Waals surface area (Å²) in [6, 6.07) is -0.558. The molecule has 3 rings (SSSR count). The summed E-state index contributed by atoms with van der Waals surface area (Å²) in [5, 5.41) is 18.2. The Hall–Kier alpha value is -2.16. The molecule has 2 heterocycles. The zero-order valence-corrected chi connectivity index (χ0v) is 12.5. The molecule has 2 fully saturated rings. The van der Waals surface area contributed by atoms with Gasteiger partial charge in [0.1, 0.15) is 6.07 Å². The smallest absolute Gasteiger partial charge is 0.382 e. The molecule has 0 aromatic carbocycles. The number of aliphatic hydroxyl groups excluding tert-OH is 1. The van der Waals surface area contributed by atoms with Gasteiger partial charge in [-0.05, 0) is 6.07 Å². The topological polar surface area (TPSA) is 60.2 Å². The minimum absolute atomic E-state index is 0.380. The third-order valence-corrected chi connectivity index (χ3v) is 4.66. The van der Waals surface area contributed by atoms with Crippen molar-refractivity contribution in [2.45, 2.75) is 30.4 Å². The summed E-state index contributed by atoms with van der Waals surface area (Å²) in [5.41, 5.74) is -3.01. The van der Waals surface area contributed by atoms with Gasteiger partial charge in [0.05, 0.1) is 35.3 Å². The molecule has 0 radical (unpaired) electrons. The van der Waals surface area contributed by atoms with Crippen LogP contribution in [-0.2, 0) is 6.18 Å². The number of aliphatic hydroxyl groups is 1. The summed E-state index contributed by atoms with van der Waals surface area (Å²) in [6.07, 6.45) is -12.7. The monoisotopic (exact) mass is 387 g/mol. The molecule has 26 heavy (non-hydrogen) atoms. The molecule has 12 heteroatoms. The van der Waals surface area contributed by atoms with E-state index >= 15 is 0 Å². The largest absolute Gasteiger partial charge is 0.419 e. The molecule has 1 aromatic rings. The average molecular weight is 387 g/mol. The lowest BCUT2D eigenvalue weighted by molar-refractivity contribution is -0.212. The third-order valence-electron chi connectivity index (χ3n) is 4.66. The molecule has 1 aromatic heterocycles. The van der Waals surface area contributed by atoms with E-state index in [-0.39, 0.29) is 0 Å². The van der Waals surface area contributed by atoms with E-state index in [0.717, 1.165) is 0 Å². The van der Waals surface area contributed by atoms with Crippen molar-refractivity contribution in [2.24, 2.45) is 11.8 Å². The van der Waals surface area contributed by atoms with E-state index in [2.05, 4.69) is 4.98 Å².